The van der Waals surface area contributed by atoms with E-state index >= 15 is 0 Å². The van der Waals surface area contributed by atoms with Crippen molar-refractivity contribution in [3.05, 3.63) is 77.7 Å². The lowest BCUT2D eigenvalue weighted by Crippen LogP contribution is -2.16. The van der Waals surface area contributed by atoms with Gasteiger partial charge in [-0.3, -0.25) is 5.32 Å². The number of halogens is 1. The fraction of sp³-hybridized carbons (Fsp3) is 0.115. The predicted molar refractivity (Wildman–Crippen MR) is 140 cm³/mol. The molecule has 0 radical (unpaired) electrons. The molecule has 0 bridgehead atoms. The van der Waals surface area contributed by atoms with Gasteiger partial charge in [-0.15, -0.1) is 0 Å². The van der Waals surface area contributed by atoms with Crippen molar-refractivity contribution in [1.29, 1.82) is 0 Å². The van der Waals surface area contributed by atoms with E-state index in [1.807, 2.05) is 37.3 Å². The number of para-hydroxylation sites is 1. The highest BCUT2D eigenvalue weighted by atomic mass is 19.1. The van der Waals surface area contributed by atoms with Crippen LogP contribution in [-0.2, 0) is 11.3 Å². The molecule has 38 heavy (non-hydrogen) atoms. The lowest BCUT2D eigenvalue weighted by molar-refractivity contribution is 0.187. The summed E-state index contributed by atoms with van der Waals surface area (Å²) in [4.78, 5) is 25.1. The quantitative estimate of drug-likeness (QED) is 0.301. The van der Waals surface area contributed by atoms with Crippen LogP contribution in [0.4, 0.5) is 26.5 Å². The number of aryl methyl sites for hydroxylation is 1. The molecule has 0 atom stereocenters. The summed E-state index contributed by atoms with van der Waals surface area (Å²) in [5.41, 5.74) is 14.9. The lowest BCUT2D eigenvalue weighted by Gasteiger charge is -2.14. The highest BCUT2D eigenvalue weighted by molar-refractivity contribution is 5.93. The number of carbonyl (C=O) groups is 1. The van der Waals surface area contributed by atoms with Crippen LogP contribution in [-0.4, -0.2) is 37.9 Å². The van der Waals surface area contributed by atoms with Gasteiger partial charge in [-0.05, 0) is 31.2 Å². The molecule has 0 fully saturated rings. The molecule has 5 rings (SSSR count). The summed E-state index contributed by atoms with van der Waals surface area (Å²) in [5.74, 6) is -0.377. The largest absolute Gasteiger partial charge is 0.472 e. The van der Waals surface area contributed by atoms with Crippen LogP contribution in [0.5, 0.6) is 5.88 Å². The van der Waals surface area contributed by atoms with E-state index in [-0.39, 0.29) is 35.6 Å². The van der Waals surface area contributed by atoms with Crippen molar-refractivity contribution < 1.29 is 18.7 Å². The molecule has 12 heteroatoms. The average Bonchev–Trinajstić information content (AvgIpc) is 3.25. The van der Waals surface area contributed by atoms with E-state index in [9.17, 15) is 9.18 Å². The van der Waals surface area contributed by atoms with Crippen molar-refractivity contribution in [3.8, 4) is 23.0 Å². The van der Waals surface area contributed by atoms with E-state index in [4.69, 9.17) is 21.2 Å². The third-order valence-electron chi connectivity index (χ3n) is 5.75. The Morgan fingerprint density at radius 3 is 2.39 bits per heavy atom. The number of anilines is 3. The minimum Gasteiger partial charge on any atom is -0.472 e. The van der Waals surface area contributed by atoms with Gasteiger partial charge >= 0.3 is 6.09 Å². The first-order valence-corrected chi connectivity index (χ1v) is 11.5. The molecule has 0 saturated carbocycles. The normalized spacial score (nSPS) is 10.9. The molecular weight excluding hydrogens is 491 g/mol. The first kappa shape index (κ1) is 24.4. The number of methoxy groups -OCH3 is 1. The van der Waals surface area contributed by atoms with Crippen molar-refractivity contribution in [2.75, 3.05) is 23.9 Å². The Hall–Kier alpha value is -5.26. The van der Waals surface area contributed by atoms with Crippen LogP contribution in [0, 0.1) is 12.7 Å². The Labute approximate surface area is 216 Å². The molecule has 11 nitrogen and oxygen atoms in total. The molecule has 5 aromatic rings. The number of fused-ring (bicyclic) bond motifs is 1. The zero-order valence-electron chi connectivity index (χ0n) is 20.5. The molecule has 1 amide bonds. The maximum Gasteiger partial charge on any atom is 0.411 e. The van der Waals surface area contributed by atoms with Crippen molar-refractivity contribution in [2.45, 2.75) is 13.5 Å². The topological polar surface area (TPSA) is 156 Å². The molecule has 3 aromatic heterocycles. The van der Waals surface area contributed by atoms with Gasteiger partial charge in [0.25, 0.3) is 0 Å². The van der Waals surface area contributed by atoms with Crippen LogP contribution in [0.15, 0.2) is 60.7 Å². The number of hydrogen-bond donors (Lipinski definition) is 3. The molecule has 0 aliphatic heterocycles. The van der Waals surface area contributed by atoms with Gasteiger partial charge in [0.2, 0.25) is 5.88 Å². The highest BCUT2D eigenvalue weighted by Gasteiger charge is 2.22. The number of benzene rings is 2. The fourth-order valence-corrected chi connectivity index (χ4v) is 3.85. The SMILES string of the molecule is COC(=O)Nc1c(N)nc(-c2cc3c(C)nn(-c4ccccc4)c3nc2OCc2ccccc2F)nc1N. The monoisotopic (exact) mass is 514 g/mol. The fourth-order valence-electron chi connectivity index (χ4n) is 3.85. The van der Waals surface area contributed by atoms with Gasteiger partial charge < -0.3 is 20.9 Å². The second-order valence-electron chi connectivity index (χ2n) is 8.23. The number of aromatic nitrogens is 5. The van der Waals surface area contributed by atoms with Crippen LogP contribution in [0.2, 0.25) is 0 Å². The third-order valence-corrected chi connectivity index (χ3v) is 5.75. The first-order valence-electron chi connectivity index (χ1n) is 11.5. The Morgan fingerprint density at radius 2 is 1.71 bits per heavy atom. The minimum absolute atomic E-state index is 0.0107. The van der Waals surface area contributed by atoms with E-state index in [2.05, 4.69) is 25.1 Å². The summed E-state index contributed by atoms with van der Waals surface area (Å²) in [5, 5.41) is 7.75. The zero-order chi connectivity index (χ0) is 26.8. The Kier molecular flexibility index (Phi) is 6.44. The summed E-state index contributed by atoms with van der Waals surface area (Å²) in [6.07, 6.45) is -0.777. The van der Waals surface area contributed by atoms with Crippen LogP contribution >= 0.6 is 0 Å². The molecule has 192 valence electrons. The number of nitrogens with two attached hydrogens (primary N) is 2. The molecule has 2 aromatic carbocycles. The zero-order valence-corrected chi connectivity index (χ0v) is 20.5. The van der Waals surface area contributed by atoms with Crippen LogP contribution in [0.25, 0.3) is 28.1 Å². The van der Waals surface area contributed by atoms with Crippen molar-refractivity contribution >= 4 is 34.4 Å². The smallest absolute Gasteiger partial charge is 0.411 e. The number of rotatable bonds is 6. The summed E-state index contributed by atoms with van der Waals surface area (Å²) in [7, 11) is 1.20. The number of nitrogen functional groups attached to an aromatic ring is 2. The molecular formula is C26H23FN8O3. The number of nitrogens with one attached hydrogen (secondary N) is 1. The molecule has 3 heterocycles. The summed E-state index contributed by atoms with van der Waals surface area (Å²) < 4.78 is 26.6. The first-order chi connectivity index (χ1) is 18.4. The molecule has 0 aliphatic rings. The standard InChI is InChI=1S/C26H23FN8O3/c1-14-17-12-18(23-31-21(28)20(22(29)32-23)30-26(36)37-2)25(38-13-15-8-6-7-11-19(15)27)33-24(17)35(34-14)16-9-4-3-5-10-16/h3-12H,13H2,1-2H3,(H,30,36)(H4,28,29,31,32). The number of amides is 1. The average molecular weight is 515 g/mol. The second kappa shape index (κ2) is 10.0. The van der Waals surface area contributed by atoms with Crippen LogP contribution < -0.4 is 21.5 Å². The van der Waals surface area contributed by atoms with Gasteiger partial charge in [0.15, 0.2) is 23.1 Å². The number of nitrogens with zero attached hydrogens (tertiary/aromatic N) is 5. The Morgan fingerprint density at radius 1 is 1.03 bits per heavy atom. The predicted octanol–water partition coefficient (Wildman–Crippen LogP) is 4.25. The molecule has 5 N–H and O–H groups in total. The highest BCUT2D eigenvalue weighted by Crippen LogP contribution is 2.35. The summed E-state index contributed by atoms with van der Waals surface area (Å²) >= 11 is 0. The van der Waals surface area contributed by atoms with Crippen LogP contribution in [0.1, 0.15) is 11.3 Å². The lowest BCUT2D eigenvalue weighted by atomic mass is 10.1. The van der Waals surface area contributed by atoms with Crippen LogP contribution in [0.3, 0.4) is 0 Å². The maximum absolute atomic E-state index is 14.3. The van der Waals surface area contributed by atoms with Crippen molar-refractivity contribution in [1.82, 2.24) is 24.7 Å². The van der Waals surface area contributed by atoms with Gasteiger partial charge in [0, 0.05) is 10.9 Å². The molecule has 0 unspecified atom stereocenters. The summed E-state index contributed by atoms with van der Waals surface area (Å²) in [6, 6.07) is 17.5. The number of hydrogen-bond acceptors (Lipinski definition) is 9. The maximum atomic E-state index is 14.3. The van der Waals surface area contributed by atoms with E-state index in [0.29, 0.717) is 27.9 Å². The van der Waals surface area contributed by atoms with E-state index in [1.165, 1.54) is 13.2 Å². The molecule has 0 spiro atoms. The molecule has 0 saturated heterocycles. The third kappa shape index (κ3) is 4.62. The Balaban J connectivity index is 1.66. The van der Waals surface area contributed by atoms with Crippen molar-refractivity contribution in [2.24, 2.45) is 0 Å². The van der Waals surface area contributed by atoms with Gasteiger partial charge in [0.1, 0.15) is 18.1 Å². The van der Waals surface area contributed by atoms with Gasteiger partial charge in [-0.2, -0.15) is 10.1 Å². The second-order valence-corrected chi connectivity index (χ2v) is 8.23. The number of carbonyl (C=O) groups excluding carboxylic acids is 1. The summed E-state index contributed by atoms with van der Waals surface area (Å²) in [6.45, 7) is 1.74. The minimum atomic E-state index is -0.777. The van der Waals surface area contributed by atoms with Gasteiger partial charge in [-0.25, -0.2) is 23.8 Å². The Bertz CT molecular complexity index is 1630. The van der Waals surface area contributed by atoms with E-state index in [1.54, 1.807) is 28.9 Å². The van der Waals surface area contributed by atoms with Gasteiger partial charge in [-0.1, -0.05) is 36.4 Å². The van der Waals surface area contributed by atoms with E-state index in [0.717, 1.165) is 5.69 Å². The van der Waals surface area contributed by atoms with E-state index < -0.39 is 11.9 Å². The molecule has 0 aliphatic carbocycles. The van der Waals surface area contributed by atoms with Crippen molar-refractivity contribution in [3.63, 3.8) is 0 Å². The number of pyridine rings is 1. The number of ether oxygens (including phenoxy) is 2. The van der Waals surface area contributed by atoms with Gasteiger partial charge in [0.05, 0.1) is 24.1 Å².